The van der Waals surface area contributed by atoms with Gasteiger partial charge in [-0.3, -0.25) is 4.79 Å². The Hall–Kier alpha value is -1.79. The van der Waals surface area contributed by atoms with Gasteiger partial charge in [0.1, 0.15) is 11.4 Å². The van der Waals surface area contributed by atoms with E-state index >= 15 is 0 Å². The van der Waals surface area contributed by atoms with E-state index in [9.17, 15) is 18.0 Å². The number of nitrogens with zero attached hydrogens (tertiary/aromatic N) is 3. The molecular formula is C20H26F3N3O. The summed E-state index contributed by atoms with van der Waals surface area (Å²) in [5, 5.41) is 0. The summed E-state index contributed by atoms with van der Waals surface area (Å²) in [6, 6.07) is 2.82. The van der Waals surface area contributed by atoms with Crippen molar-refractivity contribution in [2.75, 3.05) is 18.0 Å². The van der Waals surface area contributed by atoms with Crippen LogP contribution in [0.25, 0.3) is 0 Å². The van der Waals surface area contributed by atoms with Crippen molar-refractivity contribution in [3.05, 3.63) is 23.9 Å². The molecule has 4 rings (SSSR count). The van der Waals surface area contributed by atoms with E-state index in [1.807, 2.05) is 4.90 Å². The maximum atomic E-state index is 13.5. The Bertz CT molecular complexity index is 685. The molecule has 3 fully saturated rings. The molecule has 3 heterocycles. The molecular weight excluding hydrogens is 355 g/mol. The highest BCUT2D eigenvalue weighted by atomic mass is 19.4. The molecule has 1 unspecified atom stereocenters. The second kappa shape index (κ2) is 6.99. The van der Waals surface area contributed by atoms with Gasteiger partial charge in [0.25, 0.3) is 0 Å². The second-order valence-corrected chi connectivity index (χ2v) is 8.08. The van der Waals surface area contributed by atoms with Crippen LogP contribution in [0.5, 0.6) is 0 Å². The van der Waals surface area contributed by atoms with Crippen LogP contribution in [-0.2, 0) is 11.0 Å². The zero-order valence-corrected chi connectivity index (χ0v) is 15.5. The fourth-order valence-electron chi connectivity index (χ4n) is 5.09. The lowest BCUT2D eigenvalue weighted by molar-refractivity contribution is -0.138. The van der Waals surface area contributed by atoms with Crippen LogP contribution in [0.1, 0.15) is 63.4 Å². The number of hydrogen-bond donors (Lipinski definition) is 0. The average molecular weight is 381 g/mol. The highest BCUT2D eigenvalue weighted by Crippen LogP contribution is 2.42. The summed E-state index contributed by atoms with van der Waals surface area (Å²) < 4.78 is 38.6. The van der Waals surface area contributed by atoms with Crippen LogP contribution in [0.15, 0.2) is 18.3 Å². The number of anilines is 1. The highest BCUT2D eigenvalue weighted by Gasteiger charge is 2.53. The Morgan fingerprint density at radius 1 is 1.00 bits per heavy atom. The molecule has 1 atom stereocenters. The van der Waals surface area contributed by atoms with E-state index in [0.29, 0.717) is 18.4 Å². The van der Waals surface area contributed by atoms with E-state index in [1.165, 1.54) is 25.3 Å². The van der Waals surface area contributed by atoms with Crippen molar-refractivity contribution in [1.82, 2.24) is 9.88 Å². The van der Waals surface area contributed by atoms with Crippen molar-refractivity contribution in [2.45, 2.75) is 75.5 Å². The van der Waals surface area contributed by atoms with E-state index in [-0.39, 0.29) is 5.91 Å². The van der Waals surface area contributed by atoms with E-state index in [4.69, 9.17) is 0 Å². The molecule has 3 aliphatic rings. The van der Waals surface area contributed by atoms with Gasteiger partial charge in [-0.2, -0.15) is 13.2 Å². The van der Waals surface area contributed by atoms with E-state index in [1.54, 1.807) is 0 Å². The standard InChI is InChI=1S/C20H26F3N3O/c21-20(22,23)15-8-9-17(24-14-15)26-12-5-4-10-19(26)11-13-25(18(19)27)16-6-2-1-3-7-16/h8-9,14,16H,1-7,10-13H2. The monoisotopic (exact) mass is 381 g/mol. The first-order valence-electron chi connectivity index (χ1n) is 10.0. The number of carbonyl (C=O) groups is 1. The van der Waals surface area contributed by atoms with Gasteiger partial charge in [0, 0.05) is 25.3 Å². The highest BCUT2D eigenvalue weighted by molar-refractivity contribution is 5.92. The molecule has 0 bridgehead atoms. The van der Waals surface area contributed by atoms with Gasteiger partial charge in [0.05, 0.1) is 5.56 Å². The number of likely N-dealkylation sites (tertiary alicyclic amines) is 1. The first-order chi connectivity index (χ1) is 12.9. The Balaban J connectivity index is 1.60. The largest absolute Gasteiger partial charge is 0.417 e. The third-order valence-electron chi connectivity index (χ3n) is 6.53. The van der Waals surface area contributed by atoms with Crippen LogP contribution in [0.4, 0.5) is 19.0 Å². The van der Waals surface area contributed by atoms with Crippen LogP contribution in [0.2, 0.25) is 0 Å². The molecule has 1 spiro atoms. The normalized spacial score (nSPS) is 27.6. The Morgan fingerprint density at radius 2 is 1.78 bits per heavy atom. The topological polar surface area (TPSA) is 36.4 Å². The second-order valence-electron chi connectivity index (χ2n) is 8.08. The Labute approximate surface area is 157 Å². The smallest absolute Gasteiger partial charge is 0.342 e. The molecule has 148 valence electrons. The van der Waals surface area contributed by atoms with Crippen LogP contribution < -0.4 is 4.90 Å². The van der Waals surface area contributed by atoms with Gasteiger partial charge >= 0.3 is 6.18 Å². The SMILES string of the molecule is O=C1N(C2CCCCC2)CCC12CCCCN2c1ccc(C(F)(F)F)cn1. The first-order valence-corrected chi connectivity index (χ1v) is 10.0. The Morgan fingerprint density at radius 3 is 2.44 bits per heavy atom. The molecule has 1 saturated carbocycles. The van der Waals surface area contributed by atoms with Gasteiger partial charge < -0.3 is 9.80 Å². The van der Waals surface area contributed by atoms with Crippen LogP contribution in [0.3, 0.4) is 0 Å². The van der Waals surface area contributed by atoms with E-state index in [0.717, 1.165) is 57.3 Å². The van der Waals surface area contributed by atoms with E-state index < -0.39 is 17.3 Å². The molecule has 4 nitrogen and oxygen atoms in total. The van der Waals surface area contributed by atoms with Crippen molar-refractivity contribution in [3.63, 3.8) is 0 Å². The molecule has 1 aliphatic carbocycles. The average Bonchev–Trinajstić information content (AvgIpc) is 2.99. The zero-order valence-electron chi connectivity index (χ0n) is 15.5. The number of piperidine rings is 1. The molecule has 1 amide bonds. The van der Waals surface area contributed by atoms with Gasteiger partial charge in [0.2, 0.25) is 5.91 Å². The van der Waals surface area contributed by atoms with Crippen molar-refractivity contribution >= 4 is 11.7 Å². The van der Waals surface area contributed by atoms with Crippen LogP contribution >= 0.6 is 0 Å². The fourth-order valence-corrected chi connectivity index (χ4v) is 5.09. The fraction of sp³-hybridized carbons (Fsp3) is 0.700. The summed E-state index contributed by atoms with van der Waals surface area (Å²) in [6.45, 7) is 1.42. The molecule has 0 aromatic carbocycles. The third-order valence-corrected chi connectivity index (χ3v) is 6.53. The molecule has 1 aromatic rings. The quantitative estimate of drug-likeness (QED) is 0.762. The number of hydrogen-bond acceptors (Lipinski definition) is 3. The minimum Gasteiger partial charge on any atom is -0.342 e. The summed E-state index contributed by atoms with van der Waals surface area (Å²) in [4.78, 5) is 21.6. The lowest BCUT2D eigenvalue weighted by Crippen LogP contribution is -2.58. The minimum atomic E-state index is -4.40. The number of alkyl halides is 3. The van der Waals surface area contributed by atoms with Gasteiger partial charge in [0.15, 0.2) is 0 Å². The van der Waals surface area contributed by atoms with E-state index in [2.05, 4.69) is 9.88 Å². The van der Waals surface area contributed by atoms with Crippen molar-refractivity contribution < 1.29 is 18.0 Å². The molecule has 2 saturated heterocycles. The van der Waals surface area contributed by atoms with Gasteiger partial charge in [-0.05, 0) is 50.7 Å². The predicted molar refractivity (Wildman–Crippen MR) is 96.4 cm³/mol. The van der Waals surface area contributed by atoms with Crippen molar-refractivity contribution in [1.29, 1.82) is 0 Å². The zero-order chi connectivity index (χ0) is 19.1. The predicted octanol–water partition coefficient (Wildman–Crippen LogP) is 4.39. The first kappa shape index (κ1) is 18.6. The maximum absolute atomic E-state index is 13.5. The summed E-state index contributed by atoms with van der Waals surface area (Å²) in [6.07, 6.45) is 5.62. The lowest BCUT2D eigenvalue weighted by Gasteiger charge is -2.44. The summed E-state index contributed by atoms with van der Waals surface area (Å²) >= 11 is 0. The summed E-state index contributed by atoms with van der Waals surface area (Å²) in [7, 11) is 0. The van der Waals surface area contributed by atoms with Crippen LogP contribution in [0, 0.1) is 0 Å². The number of pyridine rings is 1. The van der Waals surface area contributed by atoms with Crippen molar-refractivity contribution in [2.24, 2.45) is 0 Å². The number of rotatable bonds is 2. The summed E-state index contributed by atoms with van der Waals surface area (Å²) in [5.41, 5.74) is -1.37. The summed E-state index contributed by atoms with van der Waals surface area (Å²) in [5.74, 6) is 0.650. The van der Waals surface area contributed by atoms with Crippen molar-refractivity contribution in [3.8, 4) is 0 Å². The Kier molecular flexibility index (Phi) is 4.80. The molecule has 27 heavy (non-hydrogen) atoms. The van der Waals surface area contributed by atoms with Crippen LogP contribution in [-0.4, -0.2) is 40.5 Å². The third kappa shape index (κ3) is 3.29. The van der Waals surface area contributed by atoms with Gasteiger partial charge in [-0.15, -0.1) is 0 Å². The van der Waals surface area contributed by atoms with Gasteiger partial charge in [-0.25, -0.2) is 4.98 Å². The molecule has 2 aliphatic heterocycles. The molecule has 1 aromatic heterocycles. The van der Waals surface area contributed by atoms with Gasteiger partial charge in [-0.1, -0.05) is 19.3 Å². The minimum absolute atomic E-state index is 0.163. The molecule has 0 N–H and O–H groups in total. The lowest BCUT2D eigenvalue weighted by atomic mass is 9.84. The molecule has 0 radical (unpaired) electrons. The number of aromatic nitrogens is 1. The maximum Gasteiger partial charge on any atom is 0.417 e. The number of carbonyl (C=O) groups excluding carboxylic acids is 1. The number of amides is 1. The number of halogens is 3. The molecule has 7 heteroatoms.